The van der Waals surface area contributed by atoms with Gasteiger partial charge in [0.25, 0.3) is 11.8 Å². The number of rotatable bonds is 5. The fourth-order valence-electron chi connectivity index (χ4n) is 5.63. The minimum Gasteiger partial charge on any atom is -0.469 e. The highest BCUT2D eigenvalue weighted by Crippen LogP contribution is 2.60. The quantitative estimate of drug-likeness (QED) is 0.572. The van der Waals surface area contributed by atoms with Gasteiger partial charge in [-0.05, 0) is 43.7 Å². The molecule has 2 fully saturated rings. The number of carbonyl (C=O) groups is 3. The molecule has 178 valence electrons. The van der Waals surface area contributed by atoms with Crippen LogP contribution < -0.4 is 10.2 Å². The molecule has 1 aliphatic heterocycles. The van der Waals surface area contributed by atoms with Crippen LogP contribution in [0.4, 0.5) is 5.69 Å². The zero-order valence-electron chi connectivity index (χ0n) is 20.0. The molecule has 0 radical (unpaired) electrons. The first-order valence-electron chi connectivity index (χ1n) is 11.8. The molecule has 1 N–H and O–H groups in total. The van der Waals surface area contributed by atoms with Crippen LogP contribution in [-0.2, 0) is 14.3 Å². The number of piperidine rings is 1. The minimum absolute atomic E-state index is 0.204. The molecule has 3 aromatic carbocycles. The number of hydrogen-bond donors (Lipinski definition) is 1. The number of hydrogen-bond acceptors (Lipinski definition) is 4. The average molecular weight is 469 g/mol. The molecule has 0 bridgehead atoms. The number of nitrogens with zero attached hydrogens (tertiary/aromatic N) is 1. The van der Waals surface area contributed by atoms with Crippen LogP contribution in [0.2, 0.25) is 0 Å². The Morgan fingerprint density at radius 1 is 0.914 bits per heavy atom. The number of methoxy groups -OCH3 is 1. The summed E-state index contributed by atoms with van der Waals surface area (Å²) in [4.78, 5) is 42.2. The Labute approximate surface area is 204 Å². The van der Waals surface area contributed by atoms with Crippen LogP contribution in [0.5, 0.6) is 0 Å². The number of amides is 2. The maximum Gasteiger partial charge on any atom is 0.311 e. The number of benzene rings is 3. The van der Waals surface area contributed by atoms with Crippen molar-refractivity contribution in [1.29, 1.82) is 0 Å². The van der Waals surface area contributed by atoms with Gasteiger partial charge in [-0.3, -0.25) is 14.4 Å². The standard InChI is InChI=1S/C29H28N2O4/c1-18-14-16-21(17-15-18)31-25-22(23(25)27(33)35-3)24(19-10-6-4-7-11-19)29(2,28(31)34)30-26(32)20-12-8-5-9-13-20/h4-17,22-25H,1-3H3,(H,30,32)/t22-,23-,24+,25+,29-/m1/s1. The molecule has 1 saturated carbocycles. The van der Waals surface area contributed by atoms with E-state index in [1.165, 1.54) is 7.11 Å². The summed E-state index contributed by atoms with van der Waals surface area (Å²) in [6.45, 7) is 3.76. The average Bonchev–Trinajstić information content (AvgIpc) is 3.60. The van der Waals surface area contributed by atoms with Crippen molar-refractivity contribution in [3.8, 4) is 0 Å². The summed E-state index contributed by atoms with van der Waals surface area (Å²) in [5, 5.41) is 3.07. The molecule has 0 unspecified atom stereocenters. The van der Waals surface area contributed by atoms with Crippen molar-refractivity contribution in [1.82, 2.24) is 5.32 Å². The van der Waals surface area contributed by atoms with Gasteiger partial charge in [-0.1, -0.05) is 66.2 Å². The van der Waals surface area contributed by atoms with Gasteiger partial charge in [-0.15, -0.1) is 0 Å². The summed E-state index contributed by atoms with van der Waals surface area (Å²) in [5.41, 5.74) is 1.86. The molecule has 6 nitrogen and oxygen atoms in total. The van der Waals surface area contributed by atoms with Crippen LogP contribution in [-0.4, -0.2) is 36.5 Å². The van der Waals surface area contributed by atoms with E-state index >= 15 is 0 Å². The van der Waals surface area contributed by atoms with E-state index in [1.54, 1.807) is 36.1 Å². The lowest BCUT2D eigenvalue weighted by Gasteiger charge is -2.45. The van der Waals surface area contributed by atoms with Gasteiger partial charge >= 0.3 is 5.97 Å². The van der Waals surface area contributed by atoms with Gasteiger partial charge in [-0.25, -0.2) is 0 Å². The third kappa shape index (κ3) is 3.79. The number of fused-ring (bicyclic) bond motifs is 1. The molecular formula is C29H28N2O4. The van der Waals surface area contributed by atoms with Crippen molar-refractivity contribution in [2.24, 2.45) is 11.8 Å². The zero-order valence-corrected chi connectivity index (χ0v) is 20.0. The molecule has 1 heterocycles. The molecule has 35 heavy (non-hydrogen) atoms. The molecule has 6 heteroatoms. The number of anilines is 1. The second-order valence-corrected chi connectivity index (χ2v) is 9.54. The van der Waals surface area contributed by atoms with E-state index in [9.17, 15) is 14.4 Å². The van der Waals surface area contributed by atoms with Gasteiger partial charge in [0.1, 0.15) is 5.54 Å². The van der Waals surface area contributed by atoms with Crippen molar-refractivity contribution >= 4 is 23.5 Å². The van der Waals surface area contributed by atoms with Crippen molar-refractivity contribution < 1.29 is 19.1 Å². The van der Waals surface area contributed by atoms with Crippen molar-refractivity contribution in [3.05, 3.63) is 102 Å². The normalized spacial score (nSPS) is 27.1. The van der Waals surface area contributed by atoms with Crippen LogP contribution in [0.1, 0.15) is 34.3 Å². The first kappa shape index (κ1) is 22.8. The van der Waals surface area contributed by atoms with E-state index in [0.29, 0.717) is 11.3 Å². The third-order valence-corrected chi connectivity index (χ3v) is 7.36. The lowest BCUT2D eigenvalue weighted by molar-refractivity contribution is -0.142. The lowest BCUT2D eigenvalue weighted by atomic mass is 9.73. The van der Waals surface area contributed by atoms with Gasteiger partial charge in [0.05, 0.1) is 19.1 Å². The smallest absolute Gasteiger partial charge is 0.311 e. The number of aryl methyl sites for hydroxylation is 1. The van der Waals surface area contributed by atoms with Crippen LogP contribution in [0, 0.1) is 18.8 Å². The van der Waals surface area contributed by atoms with Gasteiger partial charge in [0.15, 0.2) is 0 Å². The number of ether oxygens (including phenoxy) is 1. The van der Waals surface area contributed by atoms with E-state index in [4.69, 9.17) is 4.74 Å². The molecular weight excluding hydrogens is 440 g/mol. The van der Waals surface area contributed by atoms with E-state index < -0.39 is 17.4 Å². The van der Waals surface area contributed by atoms with Crippen LogP contribution >= 0.6 is 0 Å². The SMILES string of the molecule is COC(=O)[C@@H]1[C@H]2[C@@H]1N(c1ccc(C)cc1)C(=O)[C@](C)(NC(=O)c1ccccc1)[C@H]2c1ccccc1. The Balaban J connectivity index is 1.64. The third-order valence-electron chi connectivity index (χ3n) is 7.36. The van der Waals surface area contributed by atoms with E-state index in [-0.39, 0.29) is 29.7 Å². The number of carbonyl (C=O) groups excluding carboxylic acids is 3. The largest absolute Gasteiger partial charge is 0.469 e. The Bertz CT molecular complexity index is 1260. The summed E-state index contributed by atoms with van der Waals surface area (Å²) in [6, 6.07) is 25.8. The predicted molar refractivity (Wildman–Crippen MR) is 133 cm³/mol. The molecule has 0 aromatic heterocycles. The summed E-state index contributed by atoms with van der Waals surface area (Å²) >= 11 is 0. The maximum absolute atomic E-state index is 14.3. The summed E-state index contributed by atoms with van der Waals surface area (Å²) < 4.78 is 5.14. The van der Waals surface area contributed by atoms with Crippen molar-refractivity contribution in [2.75, 3.05) is 12.0 Å². The fourth-order valence-corrected chi connectivity index (χ4v) is 5.63. The molecule has 1 saturated heterocycles. The Hall–Kier alpha value is -3.93. The monoisotopic (exact) mass is 468 g/mol. The summed E-state index contributed by atoms with van der Waals surface area (Å²) in [6.07, 6.45) is 0. The maximum atomic E-state index is 14.3. The molecule has 0 spiro atoms. The van der Waals surface area contributed by atoms with E-state index in [1.807, 2.05) is 67.6 Å². The van der Waals surface area contributed by atoms with Crippen LogP contribution in [0.15, 0.2) is 84.9 Å². The van der Waals surface area contributed by atoms with Crippen LogP contribution in [0.3, 0.4) is 0 Å². The summed E-state index contributed by atoms with van der Waals surface area (Å²) in [5.74, 6) is -2.01. The molecule has 2 aliphatic rings. The van der Waals surface area contributed by atoms with E-state index in [2.05, 4.69) is 5.32 Å². The topological polar surface area (TPSA) is 75.7 Å². The van der Waals surface area contributed by atoms with Gasteiger partial charge in [0.2, 0.25) is 0 Å². The molecule has 2 amide bonds. The highest BCUT2D eigenvalue weighted by Gasteiger charge is 2.72. The van der Waals surface area contributed by atoms with Crippen molar-refractivity contribution in [2.45, 2.75) is 31.3 Å². The Morgan fingerprint density at radius 3 is 2.11 bits per heavy atom. The van der Waals surface area contributed by atoms with E-state index in [0.717, 1.165) is 11.1 Å². The number of nitrogens with one attached hydrogen (secondary N) is 1. The second-order valence-electron chi connectivity index (χ2n) is 9.54. The fraction of sp³-hybridized carbons (Fsp3) is 0.276. The van der Waals surface area contributed by atoms with Crippen molar-refractivity contribution in [3.63, 3.8) is 0 Å². The zero-order chi connectivity index (χ0) is 24.7. The van der Waals surface area contributed by atoms with Gasteiger partial charge < -0.3 is 15.0 Å². The second kappa shape index (κ2) is 8.69. The first-order valence-corrected chi connectivity index (χ1v) is 11.8. The molecule has 5 atom stereocenters. The molecule has 5 rings (SSSR count). The molecule has 3 aromatic rings. The molecule has 1 aliphatic carbocycles. The lowest BCUT2D eigenvalue weighted by Crippen LogP contribution is -2.65. The Morgan fingerprint density at radius 2 is 1.51 bits per heavy atom. The minimum atomic E-state index is -1.29. The van der Waals surface area contributed by atoms with Crippen LogP contribution in [0.25, 0.3) is 0 Å². The highest BCUT2D eigenvalue weighted by molar-refractivity contribution is 6.08. The highest BCUT2D eigenvalue weighted by atomic mass is 16.5. The van der Waals surface area contributed by atoms with Gasteiger partial charge in [-0.2, -0.15) is 0 Å². The Kier molecular flexibility index (Phi) is 5.67. The first-order chi connectivity index (χ1) is 16.9. The summed E-state index contributed by atoms with van der Waals surface area (Å²) in [7, 11) is 1.37. The van der Waals surface area contributed by atoms with Gasteiger partial charge in [0, 0.05) is 23.1 Å². The predicted octanol–water partition coefficient (Wildman–Crippen LogP) is 4.10. The number of esters is 1.